The van der Waals surface area contributed by atoms with Crippen molar-refractivity contribution in [3.8, 4) is 11.3 Å². The zero-order valence-corrected chi connectivity index (χ0v) is 17.2. The number of hydrogen-bond donors (Lipinski definition) is 2. The lowest BCUT2D eigenvalue weighted by atomic mass is 10.1. The highest BCUT2D eigenvalue weighted by Crippen LogP contribution is 2.24. The van der Waals surface area contributed by atoms with Crippen molar-refractivity contribution in [1.82, 2.24) is 24.3 Å². The predicted octanol–water partition coefficient (Wildman–Crippen LogP) is 3.16. The van der Waals surface area contributed by atoms with Crippen LogP contribution in [-0.2, 0) is 7.05 Å². The minimum Gasteiger partial charge on any atom is -0.394 e. The van der Waals surface area contributed by atoms with Crippen LogP contribution in [0.2, 0.25) is 5.02 Å². The van der Waals surface area contributed by atoms with Crippen LogP contribution in [0.1, 0.15) is 11.6 Å². The summed E-state index contributed by atoms with van der Waals surface area (Å²) in [5.74, 6) is -0.201. The third kappa shape index (κ3) is 4.47. The molecule has 0 radical (unpaired) electrons. The fraction of sp³-hybridized carbons (Fsp3) is 0.143. The Bertz CT molecular complexity index is 1290. The Balaban J connectivity index is 1.63. The highest BCUT2D eigenvalue weighted by molar-refractivity contribution is 6.30. The summed E-state index contributed by atoms with van der Waals surface area (Å²) in [6, 6.07) is 8.22. The van der Waals surface area contributed by atoms with Crippen LogP contribution < -0.4 is 10.9 Å². The second-order valence-corrected chi connectivity index (χ2v) is 7.23. The smallest absolute Gasteiger partial charge is 0.251 e. The van der Waals surface area contributed by atoms with E-state index in [0.717, 1.165) is 5.69 Å². The number of aryl methyl sites for hydroxylation is 1. The Morgan fingerprint density at radius 1 is 1.26 bits per heavy atom. The van der Waals surface area contributed by atoms with Crippen LogP contribution in [0.25, 0.3) is 11.3 Å². The Morgan fingerprint density at radius 2 is 2.10 bits per heavy atom. The molecule has 0 fully saturated rings. The third-order valence-corrected chi connectivity index (χ3v) is 4.99. The molecular weight excluding hydrogens is 423 g/mol. The van der Waals surface area contributed by atoms with Gasteiger partial charge in [0.05, 0.1) is 35.2 Å². The minimum atomic E-state index is -0.701. The number of hydrogen-bond acceptors (Lipinski definition) is 6. The fourth-order valence-corrected chi connectivity index (χ4v) is 3.36. The van der Waals surface area contributed by atoms with Gasteiger partial charge in [0.2, 0.25) is 5.95 Å². The fourth-order valence-electron chi connectivity index (χ4n) is 3.17. The van der Waals surface area contributed by atoms with E-state index in [0.29, 0.717) is 22.8 Å². The van der Waals surface area contributed by atoms with Crippen LogP contribution >= 0.6 is 11.6 Å². The molecule has 1 atom stereocenters. The SMILES string of the molecule is Cn1cc(Nc2nccc(-c3ccn(C(CO)c4ccc(F)c(Cl)c4)c(=O)c3)n2)cn1. The van der Waals surface area contributed by atoms with E-state index in [2.05, 4.69) is 20.4 Å². The number of aliphatic hydroxyl groups excluding tert-OH is 1. The Hall–Kier alpha value is -3.56. The standard InChI is InChI=1S/C21H18ClFN6O2/c1-28-11-15(10-25-28)26-21-24-6-4-18(27-21)13-5-7-29(20(31)9-13)19(12-30)14-2-3-17(23)16(22)8-14/h2-11,19,30H,12H2,1H3,(H,24,26,27). The molecule has 3 heterocycles. The Labute approximate surface area is 181 Å². The molecule has 1 aromatic carbocycles. The molecule has 158 valence electrons. The summed E-state index contributed by atoms with van der Waals surface area (Å²) in [7, 11) is 1.80. The molecule has 0 saturated heterocycles. The van der Waals surface area contributed by atoms with Crippen molar-refractivity contribution in [3.63, 3.8) is 0 Å². The summed E-state index contributed by atoms with van der Waals surface area (Å²) in [5, 5.41) is 16.9. The highest BCUT2D eigenvalue weighted by Gasteiger charge is 2.16. The first kappa shape index (κ1) is 20.7. The number of nitrogens with zero attached hydrogens (tertiary/aromatic N) is 5. The summed E-state index contributed by atoms with van der Waals surface area (Å²) >= 11 is 5.85. The zero-order valence-electron chi connectivity index (χ0n) is 16.4. The molecule has 0 aliphatic heterocycles. The molecule has 1 unspecified atom stereocenters. The van der Waals surface area contributed by atoms with Crippen molar-refractivity contribution in [2.45, 2.75) is 6.04 Å². The topological polar surface area (TPSA) is 97.9 Å². The van der Waals surface area contributed by atoms with Gasteiger partial charge in [-0.2, -0.15) is 5.10 Å². The van der Waals surface area contributed by atoms with E-state index >= 15 is 0 Å². The van der Waals surface area contributed by atoms with Gasteiger partial charge in [0.25, 0.3) is 5.56 Å². The van der Waals surface area contributed by atoms with Gasteiger partial charge in [-0.3, -0.25) is 9.48 Å². The molecule has 0 aliphatic rings. The second-order valence-electron chi connectivity index (χ2n) is 6.83. The maximum atomic E-state index is 13.5. The number of nitrogens with one attached hydrogen (secondary N) is 1. The van der Waals surface area contributed by atoms with Gasteiger partial charge in [0.1, 0.15) is 5.82 Å². The summed E-state index contributed by atoms with van der Waals surface area (Å²) in [6.45, 7) is -0.353. The maximum absolute atomic E-state index is 13.5. The number of rotatable bonds is 6. The first-order valence-electron chi connectivity index (χ1n) is 9.31. The lowest BCUT2D eigenvalue weighted by Gasteiger charge is -2.18. The maximum Gasteiger partial charge on any atom is 0.251 e. The molecule has 0 aliphatic carbocycles. The van der Waals surface area contributed by atoms with E-state index in [4.69, 9.17) is 11.6 Å². The molecular formula is C21H18ClFN6O2. The Kier molecular flexibility index (Phi) is 5.79. The van der Waals surface area contributed by atoms with Crippen molar-refractivity contribution in [2.75, 3.05) is 11.9 Å². The number of anilines is 2. The van der Waals surface area contributed by atoms with Crippen molar-refractivity contribution in [3.05, 3.63) is 87.9 Å². The monoisotopic (exact) mass is 440 g/mol. The Morgan fingerprint density at radius 3 is 2.77 bits per heavy atom. The number of aromatic nitrogens is 5. The summed E-state index contributed by atoms with van der Waals surface area (Å²) in [5.41, 5.74) is 2.05. The number of benzene rings is 1. The van der Waals surface area contributed by atoms with Crippen LogP contribution in [0.3, 0.4) is 0 Å². The lowest BCUT2D eigenvalue weighted by Crippen LogP contribution is -2.26. The van der Waals surface area contributed by atoms with Gasteiger partial charge >= 0.3 is 0 Å². The van der Waals surface area contributed by atoms with Gasteiger partial charge < -0.3 is 15.0 Å². The molecule has 31 heavy (non-hydrogen) atoms. The lowest BCUT2D eigenvalue weighted by molar-refractivity contribution is 0.247. The van der Waals surface area contributed by atoms with Crippen molar-refractivity contribution < 1.29 is 9.50 Å². The second kappa shape index (κ2) is 8.66. The molecule has 2 N–H and O–H groups in total. The molecule has 0 spiro atoms. The molecule has 4 rings (SSSR count). The van der Waals surface area contributed by atoms with Crippen LogP contribution in [-0.4, -0.2) is 36.0 Å². The van der Waals surface area contributed by atoms with Crippen LogP contribution in [0, 0.1) is 5.82 Å². The van der Waals surface area contributed by atoms with Gasteiger partial charge in [0, 0.05) is 37.3 Å². The van der Waals surface area contributed by atoms with Gasteiger partial charge in [-0.25, -0.2) is 14.4 Å². The molecule has 0 saturated carbocycles. The number of halogens is 2. The summed E-state index contributed by atoms with van der Waals surface area (Å²) < 4.78 is 16.5. The number of aliphatic hydroxyl groups is 1. The first-order valence-corrected chi connectivity index (χ1v) is 9.69. The highest BCUT2D eigenvalue weighted by atomic mass is 35.5. The van der Waals surface area contributed by atoms with E-state index in [9.17, 15) is 14.3 Å². The molecule has 3 aromatic heterocycles. The van der Waals surface area contributed by atoms with E-state index < -0.39 is 11.9 Å². The number of pyridine rings is 1. The average molecular weight is 441 g/mol. The summed E-state index contributed by atoms with van der Waals surface area (Å²) in [6.07, 6.45) is 6.58. The van der Waals surface area contributed by atoms with Gasteiger partial charge in [-0.05, 0) is 29.8 Å². The quantitative estimate of drug-likeness (QED) is 0.478. The zero-order chi connectivity index (χ0) is 22.0. The van der Waals surface area contributed by atoms with Crippen LogP contribution in [0.5, 0.6) is 0 Å². The van der Waals surface area contributed by atoms with Gasteiger partial charge in [0.15, 0.2) is 0 Å². The molecule has 10 heteroatoms. The normalized spacial score (nSPS) is 12.0. The van der Waals surface area contributed by atoms with E-state index in [1.807, 2.05) is 0 Å². The van der Waals surface area contributed by atoms with Gasteiger partial charge in [-0.15, -0.1) is 0 Å². The largest absolute Gasteiger partial charge is 0.394 e. The van der Waals surface area contributed by atoms with Crippen LogP contribution in [0.4, 0.5) is 16.0 Å². The van der Waals surface area contributed by atoms with Crippen LogP contribution in [0.15, 0.2) is 66.0 Å². The van der Waals surface area contributed by atoms with E-state index in [1.54, 1.807) is 48.6 Å². The molecule has 0 amide bonds. The van der Waals surface area contributed by atoms with E-state index in [-0.39, 0.29) is 17.2 Å². The van der Waals surface area contributed by atoms with Crippen molar-refractivity contribution in [1.29, 1.82) is 0 Å². The van der Waals surface area contributed by atoms with E-state index in [1.165, 1.54) is 28.8 Å². The predicted molar refractivity (Wildman–Crippen MR) is 115 cm³/mol. The van der Waals surface area contributed by atoms with Crippen molar-refractivity contribution >= 4 is 23.2 Å². The van der Waals surface area contributed by atoms with Gasteiger partial charge in [-0.1, -0.05) is 17.7 Å². The average Bonchev–Trinajstić information content (AvgIpc) is 3.17. The molecule has 0 bridgehead atoms. The minimum absolute atomic E-state index is 0.0738. The summed E-state index contributed by atoms with van der Waals surface area (Å²) in [4.78, 5) is 21.4. The molecule has 4 aromatic rings. The first-order chi connectivity index (χ1) is 14.9. The third-order valence-electron chi connectivity index (χ3n) is 4.70. The van der Waals surface area contributed by atoms with Crippen molar-refractivity contribution in [2.24, 2.45) is 7.05 Å². The molecule has 8 nitrogen and oxygen atoms in total.